The van der Waals surface area contributed by atoms with E-state index in [1.807, 2.05) is 31.2 Å². The first-order valence-electron chi connectivity index (χ1n) is 11.1. The quantitative estimate of drug-likeness (QED) is 0.320. The van der Waals surface area contributed by atoms with Crippen molar-refractivity contribution in [2.75, 3.05) is 30.3 Å². The molecule has 2 aromatic rings. The highest BCUT2D eigenvalue weighted by molar-refractivity contribution is 7.16. The maximum absolute atomic E-state index is 12.3. The van der Waals surface area contributed by atoms with Crippen molar-refractivity contribution >= 4 is 33.9 Å². The average Bonchev–Trinajstić information content (AvgIpc) is 3.36. The van der Waals surface area contributed by atoms with Crippen LogP contribution in [0, 0.1) is 6.92 Å². The summed E-state index contributed by atoms with van der Waals surface area (Å²) in [4.78, 5) is 24.4. The van der Waals surface area contributed by atoms with Crippen molar-refractivity contribution in [1.29, 1.82) is 0 Å². The minimum atomic E-state index is -0.756. The number of hydrogen-bond acceptors (Lipinski definition) is 6. The van der Waals surface area contributed by atoms with Crippen LogP contribution in [0.3, 0.4) is 0 Å². The number of carboxylic acid groups (broad SMARTS) is 1. The monoisotopic (exact) mass is 459 g/mol. The Morgan fingerprint density at radius 2 is 1.97 bits per heavy atom. The maximum atomic E-state index is 12.3. The molecule has 1 aromatic carbocycles. The second-order valence-electron chi connectivity index (χ2n) is 8.71. The molecule has 1 aromatic heterocycles. The Labute approximate surface area is 192 Å². The van der Waals surface area contributed by atoms with E-state index in [1.54, 1.807) is 11.3 Å². The Morgan fingerprint density at radius 3 is 2.62 bits per heavy atom. The predicted octanol–water partition coefficient (Wildman–Crippen LogP) is 3.12. The van der Waals surface area contributed by atoms with Crippen LogP contribution in [0.15, 0.2) is 24.3 Å². The van der Waals surface area contributed by atoms with Gasteiger partial charge in [0.25, 0.3) is 5.91 Å². The maximum Gasteiger partial charge on any atom is 0.303 e. The predicted molar refractivity (Wildman–Crippen MR) is 125 cm³/mol. The lowest BCUT2D eigenvalue weighted by Gasteiger charge is -2.40. The fourth-order valence-electron chi connectivity index (χ4n) is 4.46. The number of carbonyl (C=O) groups is 2. The van der Waals surface area contributed by atoms with E-state index in [2.05, 4.69) is 17.6 Å². The summed E-state index contributed by atoms with van der Waals surface area (Å²) in [7, 11) is 0. The highest BCUT2D eigenvalue weighted by Gasteiger charge is 2.42. The molecule has 0 aliphatic carbocycles. The number of epoxide rings is 1. The lowest BCUT2D eigenvalue weighted by molar-refractivity contribution is -0.941. The highest BCUT2D eigenvalue weighted by Crippen LogP contribution is 2.41. The zero-order valence-electron chi connectivity index (χ0n) is 18.5. The number of ether oxygens (including phenoxy) is 1. The van der Waals surface area contributed by atoms with Gasteiger partial charge in [-0.15, -0.1) is 11.3 Å². The SMILES string of the molecule is CC[N+]1(CCCC(=O)O)CCc2c(sc(NC3OC3Nc3ccc(C)cc3)c2C(N)=O)C1. The topological polar surface area (TPSA) is 117 Å². The smallest absolute Gasteiger partial charge is 0.303 e. The Bertz CT molecular complexity index is 1010. The van der Waals surface area contributed by atoms with Gasteiger partial charge in [0.2, 0.25) is 0 Å². The van der Waals surface area contributed by atoms with E-state index in [0.29, 0.717) is 12.0 Å². The van der Waals surface area contributed by atoms with E-state index in [1.165, 1.54) is 5.56 Å². The number of thiophene rings is 1. The summed E-state index contributed by atoms with van der Waals surface area (Å²) < 4.78 is 6.58. The molecule has 0 spiro atoms. The van der Waals surface area contributed by atoms with E-state index < -0.39 is 11.9 Å². The number of primary amides is 1. The van der Waals surface area contributed by atoms with Crippen molar-refractivity contribution in [2.45, 2.75) is 52.1 Å². The molecular weight excluding hydrogens is 428 g/mol. The van der Waals surface area contributed by atoms with E-state index >= 15 is 0 Å². The largest absolute Gasteiger partial charge is 0.481 e. The van der Waals surface area contributed by atoms with Crippen molar-refractivity contribution in [2.24, 2.45) is 5.73 Å². The number of fused-ring (bicyclic) bond motifs is 1. The number of carboxylic acids is 1. The van der Waals surface area contributed by atoms with Crippen LogP contribution >= 0.6 is 11.3 Å². The molecule has 1 amide bonds. The van der Waals surface area contributed by atoms with Gasteiger partial charge in [-0.05, 0) is 31.5 Å². The standard InChI is InChI=1S/C23H30N4O4S/c1-3-27(11-4-5-18(28)29)12-10-16-17(13-27)32-23(19(16)20(24)30)26-22-21(31-22)25-15-8-6-14(2)7-9-15/h6-9,21-22,25H,3-5,10-13H2,1-2H3,(H3-,24,26,28,29,30)/p+1. The number of rotatable bonds is 10. The van der Waals surface area contributed by atoms with Gasteiger partial charge < -0.3 is 30.7 Å². The van der Waals surface area contributed by atoms with Gasteiger partial charge in [-0.3, -0.25) is 9.59 Å². The van der Waals surface area contributed by atoms with Crippen LogP contribution in [0.25, 0.3) is 0 Å². The Hall–Kier alpha value is -2.62. The summed E-state index contributed by atoms with van der Waals surface area (Å²) in [6.07, 6.45) is 1.21. The van der Waals surface area contributed by atoms with E-state index in [9.17, 15) is 9.59 Å². The van der Waals surface area contributed by atoms with Crippen LogP contribution in [0.2, 0.25) is 0 Å². The van der Waals surface area contributed by atoms with Gasteiger partial charge in [-0.1, -0.05) is 17.7 Å². The number of quaternary nitrogens is 1. The number of nitrogens with one attached hydrogen (secondary N) is 2. The molecule has 0 radical (unpaired) electrons. The van der Waals surface area contributed by atoms with Gasteiger partial charge in [0.1, 0.15) is 11.5 Å². The molecule has 1 fully saturated rings. The summed E-state index contributed by atoms with van der Waals surface area (Å²) in [5, 5.41) is 16.4. The third-order valence-electron chi connectivity index (χ3n) is 6.47. The first kappa shape index (κ1) is 22.6. The normalized spacial score (nSPS) is 23.9. The van der Waals surface area contributed by atoms with Crippen LogP contribution in [-0.4, -0.2) is 53.6 Å². The summed E-state index contributed by atoms with van der Waals surface area (Å²) in [5.74, 6) is -1.18. The van der Waals surface area contributed by atoms with Gasteiger partial charge >= 0.3 is 5.97 Å². The average molecular weight is 460 g/mol. The number of anilines is 2. The van der Waals surface area contributed by atoms with Crippen molar-refractivity contribution in [3.63, 3.8) is 0 Å². The highest BCUT2D eigenvalue weighted by atomic mass is 32.1. The molecule has 1 saturated heterocycles. The molecule has 3 atom stereocenters. The number of carbonyl (C=O) groups excluding carboxylic acids is 1. The van der Waals surface area contributed by atoms with Crippen LogP contribution in [-0.2, 0) is 22.5 Å². The zero-order chi connectivity index (χ0) is 22.9. The second-order valence-corrected chi connectivity index (χ2v) is 9.82. The van der Waals surface area contributed by atoms with Crippen LogP contribution in [0.5, 0.6) is 0 Å². The van der Waals surface area contributed by atoms with Gasteiger partial charge in [0.15, 0.2) is 12.5 Å². The molecule has 5 N–H and O–H groups in total. The van der Waals surface area contributed by atoms with Crippen LogP contribution < -0.4 is 16.4 Å². The van der Waals surface area contributed by atoms with E-state index in [4.69, 9.17) is 15.6 Å². The van der Waals surface area contributed by atoms with Gasteiger partial charge in [-0.25, -0.2) is 0 Å². The first-order valence-corrected chi connectivity index (χ1v) is 11.9. The lowest BCUT2D eigenvalue weighted by atomic mass is 9.99. The third-order valence-corrected chi connectivity index (χ3v) is 7.62. The molecule has 0 saturated carbocycles. The fourth-order valence-corrected chi connectivity index (χ4v) is 5.87. The van der Waals surface area contributed by atoms with Crippen LogP contribution in [0.1, 0.15) is 46.1 Å². The number of nitrogens with two attached hydrogens (primary N) is 1. The molecular formula is C23H31N4O4S+. The van der Waals surface area contributed by atoms with Crippen LogP contribution in [0.4, 0.5) is 10.7 Å². The van der Waals surface area contributed by atoms with Crippen molar-refractivity contribution in [1.82, 2.24) is 0 Å². The molecule has 9 heteroatoms. The summed E-state index contributed by atoms with van der Waals surface area (Å²) in [5.41, 5.74) is 9.56. The van der Waals surface area contributed by atoms with Crippen molar-refractivity contribution in [3.8, 4) is 0 Å². The number of hydrogen-bond donors (Lipinski definition) is 4. The Kier molecular flexibility index (Phi) is 6.41. The van der Waals surface area contributed by atoms with Gasteiger partial charge in [0.05, 0.1) is 36.5 Å². The first-order chi connectivity index (χ1) is 15.3. The molecule has 2 aliphatic heterocycles. The molecule has 172 valence electrons. The molecule has 0 bridgehead atoms. The number of nitrogens with zero attached hydrogens (tertiary/aromatic N) is 1. The number of aryl methyl sites for hydroxylation is 1. The minimum Gasteiger partial charge on any atom is -0.481 e. The zero-order valence-corrected chi connectivity index (χ0v) is 19.3. The second kappa shape index (κ2) is 9.09. The van der Waals surface area contributed by atoms with Crippen molar-refractivity contribution in [3.05, 3.63) is 45.8 Å². The lowest BCUT2D eigenvalue weighted by Crippen LogP contribution is -2.51. The number of likely N-dealkylation sites (N-methyl/N-ethyl adjacent to an activating group) is 1. The fraction of sp³-hybridized carbons (Fsp3) is 0.478. The molecule has 32 heavy (non-hydrogen) atoms. The molecule has 3 heterocycles. The molecule has 8 nitrogen and oxygen atoms in total. The number of aliphatic carboxylic acids is 1. The summed E-state index contributed by atoms with van der Waals surface area (Å²) in [6, 6.07) is 8.11. The summed E-state index contributed by atoms with van der Waals surface area (Å²) >= 11 is 1.57. The summed E-state index contributed by atoms with van der Waals surface area (Å²) in [6.45, 7) is 7.63. The van der Waals surface area contributed by atoms with E-state index in [0.717, 1.165) is 58.2 Å². The molecule has 4 rings (SSSR count). The van der Waals surface area contributed by atoms with Crippen molar-refractivity contribution < 1.29 is 23.9 Å². The number of benzene rings is 1. The van der Waals surface area contributed by atoms with Gasteiger partial charge in [-0.2, -0.15) is 0 Å². The number of amides is 1. The Morgan fingerprint density at radius 1 is 1.25 bits per heavy atom. The third kappa shape index (κ3) is 4.90. The van der Waals surface area contributed by atoms with Gasteiger partial charge in [0, 0.05) is 18.5 Å². The molecule has 2 aliphatic rings. The minimum absolute atomic E-state index is 0.168. The van der Waals surface area contributed by atoms with E-state index in [-0.39, 0.29) is 18.9 Å². The Balaban J connectivity index is 1.45. The molecule has 3 unspecified atom stereocenters.